The van der Waals surface area contributed by atoms with Gasteiger partial charge < -0.3 is 44.3 Å². The topological polar surface area (TPSA) is 172 Å². The zero-order chi connectivity index (χ0) is 51.7. The average Bonchev–Trinajstić information content (AvgIpc) is 3.87. The molecule has 4 aromatic rings. The summed E-state index contributed by atoms with van der Waals surface area (Å²) in [6.45, 7) is 11.6. The van der Waals surface area contributed by atoms with Crippen LogP contribution >= 0.6 is 0 Å². The van der Waals surface area contributed by atoms with Crippen molar-refractivity contribution >= 4 is 41.0 Å². The van der Waals surface area contributed by atoms with E-state index in [2.05, 4.69) is 32.6 Å². The molecule has 2 fully saturated rings. The second-order valence-corrected chi connectivity index (χ2v) is 20.2. The van der Waals surface area contributed by atoms with Gasteiger partial charge in [-0.25, -0.2) is 0 Å². The molecule has 2 N–H and O–H groups in total. The summed E-state index contributed by atoms with van der Waals surface area (Å²) < 4.78 is 22.0. The van der Waals surface area contributed by atoms with Crippen LogP contribution in [0.25, 0.3) is 11.3 Å². The summed E-state index contributed by atoms with van der Waals surface area (Å²) in [6.07, 6.45) is 9.72. The van der Waals surface area contributed by atoms with E-state index in [0.717, 1.165) is 75.8 Å². The third kappa shape index (κ3) is 15.9. The third-order valence-corrected chi connectivity index (χ3v) is 13.6. The number of benzene rings is 3. The van der Waals surface area contributed by atoms with Crippen molar-refractivity contribution in [3.8, 4) is 11.3 Å². The van der Waals surface area contributed by atoms with Crippen LogP contribution in [-0.4, -0.2) is 154 Å². The number of nitrogens with zero attached hydrogens (tertiary/aromatic N) is 5. The number of piperidine rings is 1. The van der Waals surface area contributed by atoms with E-state index >= 15 is 0 Å². The Morgan fingerprint density at radius 3 is 2.21 bits per heavy atom. The molecule has 392 valence electrons. The average molecular weight is 1000 g/mol. The molecule has 73 heavy (non-hydrogen) atoms. The highest BCUT2D eigenvalue weighted by Crippen LogP contribution is 2.34. The molecule has 1 aromatic heterocycles. The van der Waals surface area contributed by atoms with Crippen molar-refractivity contribution in [2.24, 2.45) is 0 Å². The number of hydrogen-bond donors (Lipinski definition) is 2. The van der Waals surface area contributed by atoms with Crippen LogP contribution < -0.4 is 15.5 Å². The maximum absolute atomic E-state index is 14.1. The van der Waals surface area contributed by atoms with E-state index in [1.54, 1.807) is 66.5 Å². The number of aryl methyl sites for hydroxylation is 1. The lowest BCUT2D eigenvalue weighted by molar-refractivity contribution is -0.156. The van der Waals surface area contributed by atoms with Crippen molar-refractivity contribution in [3.63, 3.8) is 0 Å². The Balaban J connectivity index is 0.895. The number of likely N-dealkylation sites (N-methyl/N-ethyl adjacent to an activating group) is 2. The van der Waals surface area contributed by atoms with Gasteiger partial charge in [-0.3, -0.25) is 33.9 Å². The minimum absolute atomic E-state index is 0.0213. The lowest BCUT2D eigenvalue weighted by atomic mass is 9.87. The molecule has 16 nitrogen and oxygen atoms in total. The molecule has 7 rings (SSSR count). The van der Waals surface area contributed by atoms with Gasteiger partial charge in [0.25, 0.3) is 17.7 Å². The summed E-state index contributed by atoms with van der Waals surface area (Å²) in [6, 6.07) is 24.1. The van der Waals surface area contributed by atoms with E-state index in [0.29, 0.717) is 86.3 Å². The van der Waals surface area contributed by atoms with Crippen molar-refractivity contribution in [1.82, 2.24) is 25.0 Å². The van der Waals surface area contributed by atoms with Crippen LogP contribution in [-0.2, 0) is 35.0 Å². The number of anilines is 2. The van der Waals surface area contributed by atoms with Gasteiger partial charge in [-0.1, -0.05) is 30.3 Å². The fourth-order valence-corrected chi connectivity index (χ4v) is 9.68. The molecule has 0 bridgehead atoms. The number of aromatic nitrogens is 1. The highest BCUT2D eigenvalue weighted by atomic mass is 16.6. The van der Waals surface area contributed by atoms with E-state index in [4.69, 9.17) is 23.9 Å². The number of ether oxygens (including phenoxy) is 4. The molecule has 3 aromatic carbocycles. The molecular formula is C57H75N7O9. The maximum atomic E-state index is 14.1. The van der Waals surface area contributed by atoms with Gasteiger partial charge in [0.05, 0.1) is 69.5 Å². The smallest absolute Gasteiger partial charge is 0.308 e. The lowest BCUT2D eigenvalue weighted by Crippen LogP contribution is -2.47. The highest BCUT2D eigenvalue weighted by Gasteiger charge is 2.33. The van der Waals surface area contributed by atoms with Gasteiger partial charge >= 0.3 is 5.97 Å². The monoisotopic (exact) mass is 1000 g/mol. The first-order chi connectivity index (χ1) is 35.2. The minimum Gasteiger partial charge on any atom is -0.460 e. The molecule has 3 aliphatic rings. The van der Waals surface area contributed by atoms with Gasteiger partial charge in [0.15, 0.2) is 0 Å². The first-order valence-corrected chi connectivity index (χ1v) is 26.1. The lowest BCUT2D eigenvalue weighted by Gasteiger charge is -2.29. The van der Waals surface area contributed by atoms with Gasteiger partial charge in [0.2, 0.25) is 5.91 Å². The number of rotatable bonds is 23. The van der Waals surface area contributed by atoms with E-state index in [-0.39, 0.29) is 54.7 Å². The van der Waals surface area contributed by atoms with Crippen LogP contribution in [0.4, 0.5) is 11.4 Å². The maximum Gasteiger partial charge on any atom is 0.308 e. The van der Waals surface area contributed by atoms with E-state index in [1.165, 1.54) is 12.0 Å². The second kappa shape index (κ2) is 26.7. The fraction of sp³-hybridized carbons (Fsp3) is 0.509. The Morgan fingerprint density at radius 1 is 0.699 bits per heavy atom. The third-order valence-electron chi connectivity index (χ3n) is 13.6. The number of fused-ring (bicyclic) bond motifs is 1. The van der Waals surface area contributed by atoms with Crippen LogP contribution in [0.5, 0.6) is 0 Å². The Hall–Kier alpha value is -6.20. The molecule has 3 heterocycles. The van der Waals surface area contributed by atoms with Crippen molar-refractivity contribution in [1.29, 1.82) is 0 Å². The summed E-state index contributed by atoms with van der Waals surface area (Å²) in [5, 5.41) is 6.38. The number of likely N-dealkylation sites (tertiary alicyclic amines) is 1. The number of carbonyl (C=O) groups excluding carboxylic acids is 5. The zero-order valence-electron chi connectivity index (χ0n) is 43.5. The SMILES string of the molecule is CN(CCN1CCC[C@H]1C(=O)N(C)CCOCCOCCOCCC(=O)OC(C)(C)C)C(=O)c1cccc(C(=O)Nc2ccc(N3CCCCC3)cc2-c2cc(C(=O)NC3CCCc4ccccc43)ccn2)c1. The molecule has 1 unspecified atom stereocenters. The molecule has 1 aliphatic carbocycles. The number of amides is 4. The number of hydrogen-bond acceptors (Lipinski definition) is 12. The molecular weight excluding hydrogens is 927 g/mol. The fourth-order valence-electron chi connectivity index (χ4n) is 9.68. The Morgan fingerprint density at radius 2 is 1.42 bits per heavy atom. The van der Waals surface area contributed by atoms with Crippen molar-refractivity contribution < 1.29 is 42.9 Å². The van der Waals surface area contributed by atoms with Crippen molar-refractivity contribution in [2.75, 3.05) is 103 Å². The molecule has 2 atom stereocenters. The van der Waals surface area contributed by atoms with E-state index in [1.807, 2.05) is 51.1 Å². The van der Waals surface area contributed by atoms with Gasteiger partial charge in [-0.15, -0.1) is 0 Å². The zero-order valence-corrected chi connectivity index (χ0v) is 43.5. The number of nitrogens with one attached hydrogen (secondary N) is 2. The molecule has 2 aliphatic heterocycles. The van der Waals surface area contributed by atoms with E-state index in [9.17, 15) is 24.0 Å². The first-order valence-electron chi connectivity index (χ1n) is 26.1. The minimum atomic E-state index is -0.514. The van der Waals surface area contributed by atoms with Gasteiger partial charge in [0, 0.05) is 81.0 Å². The number of pyridine rings is 1. The standard InChI is InChI=1S/C57H75N7O9/c1-57(2,3)73-52(65)24-32-70-34-36-72-37-35-71-33-31-62(5)56(69)51-20-13-28-64(51)30-29-61(4)55(68)44-17-11-16-42(38-44)53(66)60-49-22-21-45(63-26-9-6-10-27-63)40-47(49)50-39-43(23-25-58-50)54(67)59-48-19-12-15-41-14-7-8-18-46(41)48/h7-8,11,14,16-18,21-23,25,38-40,48,51H,6,9-10,12-13,15,19-20,24,26-37H2,1-5H3,(H,59,67)(H,60,66)/t48?,51-/m0/s1. The van der Waals surface area contributed by atoms with Crippen LogP contribution in [0.2, 0.25) is 0 Å². The van der Waals surface area contributed by atoms with Crippen LogP contribution in [0.15, 0.2) is 85.1 Å². The first kappa shape index (κ1) is 54.6. The summed E-state index contributed by atoms with van der Waals surface area (Å²) in [7, 11) is 3.52. The number of esters is 1. The van der Waals surface area contributed by atoms with Crippen molar-refractivity contribution in [2.45, 2.75) is 96.2 Å². The Labute approximate surface area is 431 Å². The molecule has 4 amide bonds. The van der Waals surface area contributed by atoms with Crippen LogP contribution in [0, 0.1) is 0 Å². The molecule has 0 radical (unpaired) electrons. The van der Waals surface area contributed by atoms with Gasteiger partial charge in [0.1, 0.15) is 5.60 Å². The second-order valence-electron chi connectivity index (χ2n) is 20.2. The van der Waals surface area contributed by atoms with Crippen LogP contribution in [0.1, 0.15) is 120 Å². The Bertz CT molecular complexity index is 2510. The van der Waals surface area contributed by atoms with Gasteiger partial charge in [-0.05, 0) is 138 Å². The van der Waals surface area contributed by atoms with E-state index < -0.39 is 5.60 Å². The summed E-state index contributed by atoms with van der Waals surface area (Å²) in [5.74, 6) is -1.07. The largest absolute Gasteiger partial charge is 0.460 e. The Kier molecular flexibility index (Phi) is 19.9. The van der Waals surface area contributed by atoms with Crippen molar-refractivity contribution in [3.05, 3.63) is 113 Å². The predicted molar refractivity (Wildman–Crippen MR) is 282 cm³/mol. The number of carbonyl (C=O) groups is 5. The predicted octanol–water partition coefficient (Wildman–Crippen LogP) is 7.58. The van der Waals surface area contributed by atoms with Gasteiger partial charge in [-0.2, -0.15) is 0 Å². The van der Waals surface area contributed by atoms with Crippen LogP contribution in [0.3, 0.4) is 0 Å². The summed E-state index contributed by atoms with van der Waals surface area (Å²) in [4.78, 5) is 79.6. The molecule has 16 heteroatoms. The quantitative estimate of drug-likeness (QED) is 0.0553. The molecule has 2 saturated heterocycles. The molecule has 0 spiro atoms. The normalized spacial score (nSPS) is 16.9. The molecule has 0 saturated carbocycles. The highest BCUT2D eigenvalue weighted by molar-refractivity contribution is 6.08. The summed E-state index contributed by atoms with van der Waals surface area (Å²) >= 11 is 0. The summed E-state index contributed by atoms with van der Waals surface area (Å²) in [5.41, 5.74) is 5.91.